The van der Waals surface area contributed by atoms with Crippen molar-refractivity contribution in [1.82, 2.24) is 5.32 Å². The number of carboxylic acids is 1. The van der Waals surface area contributed by atoms with Gasteiger partial charge < -0.3 is 5.11 Å². The number of hydrogen-bond acceptors (Lipinski definition) is 3. The van der Waals surface area contributed by atoms with Gasteiger partial charge in [-0.25, -0.2) is 0 Å². The monoisotopic (exact) mass is 255 g/mol. The molecule has 0 aromatic heterocycles. The van der Waals surface area contributed by atoms with E-state index in [4.69, 9.17) is 5.11 Å². The molecule has 0 unspecified atom stereocenters. The fraction of sp³-hybridized carbons (Fsp3) is 0.923. The van der Waals surface area contributed by atoms with Crippen molar-refractivity contribution in [2.75, 3.05) is 5.75 Å². The van der Waals surface area contributed by atoms with E-state index in [1.54, 1.807) is 0 Å². The van der Waals surface area contributed by atoms with Gasteiger partial charge in [-0.2, -0.15) is 0 Å². The van der Waals surface area contributed by atoms with E-state index in [0.717, 1.165) is 5.75 Å². The van der Waals surface area contributed by atoms with Gasteiger partial charge in [0.25, 0.3) is 0 Å². The lowest BCUT2D eigenvalue weighted by atomic mass is 9.71. The molecule has 3 nitrogen and oxygen atoms in total. The van der Waals surface area contributed by atoms with E-state index in [9.17, 15) is 4.79 Å². The molecule has 0 radical (unpaired) electrons. The van der Waals surface area contributed by atoms with E-state index < -0.39 is 5.97 Å². The van der Waals surface area contributed by atoms with Gasteiger partial charge in [0.15, 0.2) is 0 Å². The Labute approximate surface area is 107 Å². The first-order valence-corrected chi connectivity index (χ1v) is 7.76. The van der Waals surface area contributed by atoms with Crippen LogP contribution in [0.1, 0.15) is 51.4 Å². The van der Waals surface area contributed by atoms with E-state index in [-0.39, 0.29) is 10.9 Å². The summed E-state index contributed by atoms with van der Waals surface area (Å²) in [5.74, 6) is 0.0537. The quantitative estimate of drug-likeness (QED) is 0.756. The molecule has 1 aliphatic heterocycles. The molecule has 96 valence electrons. The van der Waals surface area contributed by atoms with Gasteiger partial charge in [0.1, 0.15) is 6.04 Å². The highest BCUT2D eigenvalue weighted by Crippen LogP contribution is 2.54. The second kappa shape index (κ2) is 4.16. The molecule has 2 aliphatic carbocycles. The van der Waals surface area contributed by atoms with Crippen molar-refractivity contribution in [2.24, 2.45) is 5.41 Å². The van der Waals surface area contributed by atoms with Crippen LogP contribution in [-0.4, -0.2) is 27.7 Å². The van der Waals surface area contributed by atoms with Crippen molar-refractivity contribution in [2.45, 2.75) is 62.3 Å². The molecule has 3 fully saturated rings. The van der Waals surface area contributed by atoms with Gasteiger partial charge in [0.2, 0.25) is 0 Å². The van der Waals surface area contributed by atoms with Crippen molar-refractivity contribution in [3.05, 3.63) is 0 Å². The highest BCUT2D eigenvalue weighted by Gasteiger charge is 2.48. The number of aliphatic carboxylic acids is 1. The van der Waals surface area contributed by atoms with Gasteiger partial charge in [-0.3, -0.25) is 10.1 Å². The smallest absolute Gasteiger partial charge is 0.321 e. The molecule has 2 spiro atoms. The van der Waals surface area contributed by atoms with E-state index >= 15 is 0 Å². The summed E-state index contributed by atoms with van der Waals surface area (Å²) < 4.78 is 0. The molecule has 1 heterocycles. The number of rotatable bonds is 1. The minimum atomic E-state index is -0.685. The summed E-state index contributed by atoms with van der Waals surface area (Å²) >= 11 is 1.85. The van der Waals surface area contributed by atoms with Crippen LogP contribution in [0.25, 0.3) is 0 Å². The summed E-state index contributed by atoms with van der Waals surface area (Å²) in [7, 11) is 0. The largest absolute Gasteiger partial charge is 0.480 e. The predicted octanol–water partition coefficient (Wildman–Crippen LogP) is 2.61. The molecule has 0 bridgehead atoms. The fourth-order valence-electron chi connectivity index (χ4n) is 3.87. The molecule has 0 amide bonds. The summed E-state index contributed by atoms with van der Waals surface area (Å²) in [6.45, 7) is 0. The molecule has 17 heavy (non-hydrogen) atoms. The number of carboxylic acid groups (broad SMARTS) is 1. The maximum Gasteiger partial charge on any atom is 0.321 e. The Morgan fingerprint density at radius 1 is 1.12 bits per heavy atom. The Kier molecular flexibility index (Phi) is 2.90. The molecule has 0 aromatic carbocycles. The summed E-state index contributed by atoms with van der Waals surface area (Å²) in [4.78, 5) is 11.1. The Balaban J connectivity index is 1.63. The third-order valence-electron chi connectivity index (χ3n) is 5.04. The molecule has 2 N–H and O–H groups in total. The van der Waals surface area contributed by atoms with Gasteiger partial charge in [0.05, 0.1) is 4.87 Å². The van der Waals surface area contributed by atoms with Crippen LogP contribution in [0.2, 0.25) is 0 Å². The molecule has 2 saturated carbocycles. The first kappa shape index (κ1) is 11.8. The summed E-state index contributed by atoms with van der Waals surface area (Å²) in [6.07, 6.45) is 10.6. The molecule has 0 aromatic rings. The Morgan fingerprint density at radius 2 is 1.76 bits per heavy atom. The third-order valence-corrected chi connectivity index (χ3v) is 6.62. The normalized spacial score (nSPS) is 34.5. The average molecular weight is 255 g/mol. The maximum atomic E-state index is 11.0. The second-order valence-electron chi connectivity index (χ2n) is 6.05. The highest BCUT2D eigenvalue weighted by atomic mass is 32.2. The molecule has 3 aliphatic rings. The van der Waals surface area contributed by atoms with Gasteiger partial charge in [-0.1, -0.05) is 12.8 Å². The SMILES string of the molecule is O=C(O)[C@H]1CSC2(CCC3(CCCC3)CC2)N1. The molecule has 1 saturated heterocycles. The van der Waals surface area contributed by atoms with Crippen molar-refractivity contribution in [1.29, 1.82) is 0 Å². The lowest BCUT2D eigenvalue weighted by Gasteiger charge is -2.43. The standard InChI is InChI=1S/C13H21NO2S/c15-11(16)10-9-17-13(14-10)7-5-12(6-8-13)3-1-2-4-12/h10,14H,1-9H2,(H,15,16)/t10-/m1/s1. The zero-order chi connectivity index (χ0) is 11.9. The van der Waals surface area contributed by atoms with Crippen LogP contribution in [0.15, 0.2) is 0 Å². The lowest BCUT2D eigenvalue weighted by molar-refractivity contribution is -0.139. The minimum absolute atomic E-state index is 0.0941. The van der Waals surface area contributed by atoms with Crippen molar-refractivity contribution < 1.29 is 9.90 Å². The summed E-state index contributed by atoms with van der Waals surface area (Å²) in [5.41, 5.74) is 0.634. The van der Waals surface area contributed by atoms with Gasteiger partial charge in [-0.15, -0.1) is 11.8 Å². The first-order chi connectivity index (χ1) is 8.13. The van der Waals surface area contributed by atoms with Crippen LogP contribution in [-0.2, 0) is 4.79 Å². The maximum absolute atomic E-state index is 11.0. The van der Waals surface area contributed by atoms with Crippen molar-refractivity contribution >= 4 is 17.7 Å². The molecular formula is C13H21NO2S. The summed E-state index contributed by atoms with van der Waals surface area (Å²) in [6, 6.07) is -0.322. The topological polar surface area (TPSA) is 49.3 Å². The molecule has 1 atom stereocenters. The van der Waals surface area contributed by atoms with Gasteiger partial charge in [-0.05, 0) is 43.9 Å². The van der Waals surface area contributed by atoms with Crippen LogP contribution in [0.3, 0.4) is 0 Å². The number of nitrogens with one attached hydrogen (secondary N) is 1. The van der Waals surface area contributed by atoms with Crippen LogP contribution in [0.4, 0.5) is 0 Å². The molecular weight excluding hydrogens is 234 g/mol. The van der Waals surface area contributed by atoms with E-state index in [1.165, 1.54) is 51.4 Å². The van der Waals surface area contributed by atoms with Crippen LogP contribution in [0.5, 0.6) is 0 Å². The zero-order valence-electron chi connectivity index (χ0n) is 10.2. The first-order valence-electron chi connectivity index (χ1n) is 6.78. The summed E-state index contributed by atoms with van der Waals surface area (Å²) in [5, 5.41) is 12.4. The van der Waals surface area contributed by atoms with Crippen LogP contribution < -0.4 is 5.32 Å². The minimum Gasteiger partial charge on any atom is -0.480 e. The van der Waals surface area contributed by atoms with Gasteiger partial charge in [0, 0.05) is 5.75 Å². The number of hydrogen-bond donors (Lipinski definition) is 2. The van der Waals surface area contributed by atoms with Crippen molar-refractivity contribution in [3.8, 4) is 0 Å². The molecule has 3 rings (SSSR count). The Hall–Kier alpha value is -0.220. The van der Waals surface area contributed by atoms with E-state index in [0.29, 0.717) is 5.41 Å². The number of thioether (sulfide) groups is 1. The Morgan fingerprint density at radius 3 is 2.29 bits per heavy atom. The van der Waals surface area contributed by atoms with E-state index in [1.807, 2.05) is 11.8 Å². The number of carbonyl (C=O) groups is 1. The average Bonchev–Trinajstić information content (AvgIpc) is 2.91. The zero-order valence-corrected chi connectivity index (χ0v) is 11.0. The third kappa shape index (κ3) is 2.10. The highest BCUT2D eigenvalue weighted by molar-refractivity contribution is 8.00. The second-order valence-corrected chi connectivity index (χ2v) is 7.45. The predicted molar refractivity (Wildman–Crippen MR) is 69.1 cm³/mol. The van der Waals surface area contributed by atoms with Crippen molar-refractivity contribution in [3.63, 3.8) is 0 Å². The van der Waals surface area contributed by atoms with Gasteiger partial charge >= 0.3 is 5.97 Å². The molecule has 4 heteroatoms. The lowest BCUT2D eigenvalue weighted by Crippen LogP contribution is -2.48. The van der Waals surface area contributed by atoms with Crippen LogP contribution >= 0.6 is 11.8 Å². The Bertz CT molecular complexity index is 315. The fourth-order valence-corrected chi connectivity index (χ4v) is 5.30. The van der Waals surface area contributed by atoms with Crippen LogP contribution in [0, 0.1) is 5.41 Å². The van der Waals surface area contributed by atoms with E-state index in [2.05, 4.69) is 5.32 Å².